The minimum atomic E-state index is -0.234. The average Bonchev–Trinajstić information content (AvgIpc) is 2.84. The highest BCUT2D eigenvalue weighted by atomic mass is 35.5. The van der Waals surface area contributed by atoms with Crippen LogP contribution in [0.3, 0.4) is 0 Å². The molecule has 0 saturated carbocycles. The number of carbonyl (C=O) groups excluding carboxylic acids is 2. The van der Waals surface area contributed by atoms with Crippen LogP contribution in [-0.4, -0.2) is 49.6 Å². The molecule has 0 aromatic heterocycles. The number of hydrogen-bond donors (Lipinski definition) is 1. The Morgan fingerprint density at radius 1 is 1.48 bits per heavy atom. The van der Waals surface area contributed by atoms with Gasteiger partial charge in [-0.25, -0.2) is 0 Å². The third-order valence-electron chi connectivity index (χ3n) is 3.51. The molecule has 1 N–H and O–H groups in total. The smallest absolute Gasteiger partial charge is 0.249 e. The summed E-state index contributed by atoms with van der Waals surface area (Å²) in [5, 5.41) is 3.47. The zero-order valence-electron chi connectivity index (χ0n) is 11.3. The average molecular weight is 311 g/mol. The van der Waals surface area contributed by atoms with Crippen LogP contribution in [0.5, 0.6) is 5.75 Å². The summed E-state index contributed by atoms with van der Waals surface area (Å²) < 4.78 is 10.5. The fourth-order valence-corrected chi connectivity index (χ4v) is 2.62. The highest BCUT2D eigenvalue weighted by molar-refractivity contribution is 6.30. The fraction of sp³-hybridized carbons (Fsp3) is 0.429. The number of fused-ring (bicyclic) bond motifs is 1. The van der Waals surface area contributed by atoms with Crippen molar-refractivity contribution in [3.8, 4) is 5.75 Å². The van der Waals surface area contributed by atoms with Crippen LogP contribution in [-0.2, 0) is 14.3 Å². The van der Waals surface area contributed by atoms with Crippen LogP contribution in [0.2, 0.25) is 5.02 Å². The van der Waals surface area contributed by atoms with Crippen molar-refractivity contribution in [3.05, 3.63) is 28.8 Å². The van der Waals surface area contributed by atoms with E-state index in [1.807, 2.05) is 0 Å². The second-order valence-corrected chi connectivity index (χ2v) is 5.42. The quantitative estimate of drug-likeness (QED) is 0.894. The first kappa shape index (κ1) is 14.2. The lowest BCUT2D eigenvalue weighted by Gasteiger charge is -2.26. The van der Waals surface area contributed by atoms with Crippen LogP contribution in [0, 0.1) is 0 Å². The van der Waals surface area contributed by atoms with E-state index in [9.17, 15) is 9.59 Å². The Bertz CT molecular complexity index is 578. The third kappa shape index (κ3) is 3.11. The molecule has 3 rings (SSSR count). The molecule has 1 fully saturated rings. The van der Waals surface area contributed by atoms with Crippen molar-refractivity contribution in [2.24, 2.45) is 0 Å². The van der Waals surface area contributed by atoms with Crippen LogP contribution in [0.15, 0.2) is 18.2 Å². The standard InChI is InChI=1S/C14H15ClN2O4/c15-9-1-2-12-10(5-9)11(7-21-12)16-13(18)6-17-3-4-20-8-14(17)19/h1-2,5,11H,3-4,6-8H2,(H,16,18). The fourth-order valence-electron chi connectivity index (χ4n) is 2.44. The molecule has 21 heavy (non-hydrogen) atoms. The summed E-state index contributed by atoms with van der Waals surface area (Å²) in [6.45, 7) is 1.35. The van der Waals surface area contributed by atoms with Gasteiger partial charge in [0, 0.05) is 17.1 Å². The molecule has 1 aromatic rings. The predicted octanol–water partition coefficient (Wildman–Crippen LogP) is 0.748. The lowest BCUT2D eigenvalue weighted by atomic mass is 10.1. The lowest BCUT2D eigenvalue weighted by Crippen LogP contribution is -2.47. The number of ether oxygens (including phenoxy) is 2. The Morgan fingerprint density at radius 2 is 2.33 bits per heavy atom. The molecular weight excluding hydrogens is 296 g/mol. The maximum atomic E-state index is 12.1. The maximum Gasteiger partial charge on any atom is 0.249 e. The minimum absolute atomic E-state index is 0.0363. The number of morpholine rings is 1. The summed E-state index contributed by atoms with van der Waals surface area (Å²) in [5.41, 5.74) is 0.865. The molecule has 0 spiro atoms. The van der Waals surface area contributed by atoms with Crippen LogP contribution in [0.25, 0.3) is 0 Å². The number of nitrogens with one attached hydrogen (secondary N) is 1. The van der Waals surface area contributed by atoms with Crippen molar-refractivity contribution in [2.45, 2.75) is 6.04 Å². The Hall–Kier alpha value is -1.79. The van der Waals surface area contributed by atoms with Gasteiger partial charge in [0.1, 0.15) is 19.0 Å². The monoisotopic (exact) mass is 310 g/mol. The first-order valence-corrected chi connectivity index (χ1v) is 7.08. The molecule has 1 saturated heterocycles. The summed E-state index contributed by atoms with van der Waals surface area (Å²) in [6, 6.07) is 5.09. The third-order valence-corrected chi connectivity index (χ3v) is 3.74. The van der Waals surface area contributed by atoms with Gasteiger partial charge < -0.3 is 19.7 Å². The first-order valence-electron chi connectivity index (χ1n) is 6.70. The topological polar surface area (TPSA) is 67.9 Å². The van der Waals surface area contributed by atoms with Gasteiger partial charge in [-0.3, -0.25) is 9.59 Å². The highest BCUT2D eigenvalue weighted by Crippen LogP contribution is 2.34. The van der Waals surface area contributed by atoms with Crippen molar-refractivity contribution in [1.82, 2.24) is 10.2 Å². The van der Waals surface area contributed by atoms with Crippen molar-refractivity contribution in [3.63, 3.8) is 0 Å². The molecule has 6 nitrogen and oxygen atoms in total. The predicted molar refractivity (Wildman–Crippen MR) is 75.2 cm³/mol. The van der Waals surface area contributed by atoms with E-state index in [4.69, 9.17) is 21.1 Å². The van der Waals surface area contributed by atoms with Gasteiger partial charge >= 0.3 is 0 Å². The van der Waals surface area contributed by atoms with Crippen LogP contribution < -0.4 is 10.1 Å². The summed E-state index contributed by atoms with van der Waals surface area (Å²) in [7, 11) is 0. The van der Waals surface area contributed by atoms with Gasteiger partial charge in [0.2, 0.25) is 11.8 Å². The largest absolute Gasteiger partial charge is 0.491 e. The first-order chi connectivity index (χ1) is 10.1. The number of nitrogens with zero attached hydrogens (tertiary/aromatic N) is 1. The Morgan fingerprint density at radius 3 is 3.14 bits per heavy atom. The summed E-state index contributed by atoms with van der Waals surface area (Å²) >= 11 is 5.96. The normalized spacial score (nSPS) is 20.9. The molecule has 2 aliphatic rings. The van der Waals surface area contributed by atoms with Crippen molar-refractivity contribution >= 4 is 23.4 Å². The van der Waals surface area contributed by atoms with Gasteiger partial charge in [0.15, 0.2) is 0 Å². The maximum absolute atomic E-state index is 12.1. The Labute approximate surface area is 127 Å². The van der Waals surface area contributed by atoms with E-state index in [2.05, 4.69) is 5.32 Å². The van der Waals surface area contributed by atoms with Crippen LogP contribution >= 0.6 is 11.6 Å². The number of carbonyl (C=O) groups is 2. The lowest BCUT2D eigenvalue weighted by molar-refractivity contribution is -0.146. The molecule has 0 aliphatic carbocycles. The molecule has 0 bridgehead atoms. The molecule has 2 heterocycles. The number of halogens is 1. The molecule has 7 heteroatoms. The van der Waals surface area contributed by atoms with Gasteiger partial charge in [-0.05, 0) is 18.2 Å². The molecule has 2 amide bonds. The number of benzene rings is 1. The molecule has 112 valence electrons. The summed E-state index contributed by atoms with van der Waals surface area (Å²) in [5.74, 6) is 0.348. The van der Waals surface area contributed by atoms with Crippen LogP contribution in [0.4, 0.5) is 0 Å². The molecule has 1 unspecified atom stereocenters. The van der Waals surface area contributed by atoms with E-state index >= 15 is 0 Å². The summed E-state index contributed by atoms with van der Waals surface area (Å²) in [6.07, 6.45) is 0. The molecule has 2 aliphatic heterocycles. The van der Waals surface area contributed by atoms with Gasteiger partial charge in [0.05, 0.1) is 19.2 Å². The number of hydrogen-bond acceptors (Lipinski definition) is 4. The van der Waals surface area contributed by atoms with E-state index < -0.39 is 0 Å². The Balaban J connectivity index is 1.61. The molecule has 0 radical (unpaired) electrons. The van der Waals surface area contributed by atoms with Crippen LogP contribution in [0.1, 0.15) is 11.6 Å². The zero-order chi connectivity index (χ0) is 14.8. The van der Waals surface area contributed by atoms with Gasteiger partial charge in [-0.1, -0.05) is 11.6 Å². The van der Waals surface area contributed by atoms with Gasteiger partial charge in [-0.2, -0.15) is 0 Å². The second-order valence-electron chi connectivity index (χ2n) is 4.98. The summed E-state index contributed by atoms with van der Waals surface area (Å²) in [4.78, 5) is 25.2. The number of rotatable bonds is 3. The van der Waals surface area contributed by atoms with Crippen molar-refractivity contribution in [1.29, 1.82) is 0 Å². The van der Waals surface area contributed by atoms with E-state index in [0.29, 0.717) is 24.8 Å². The van der Waals surface area contributed by atoms with E-state index in [1.54, 1.807) is 18.2 Å². The molecule has 1 aromatic carbocycles. The van der Waals surface area contributed by atoms with E-state index in [1.165, 1.54) is 4.90 Å². The van der Waals surface area contributed by atoms with Gasteiger partial charge in [0.25, 0.3) is 0 Å². The van der Waals surface area contributed by atoms with Crippen molar-refractivity contribution < 1.29 is 19.1 Å². The zero-order valence-corrected chi connectivity index (χ0v) is 12.1. The molecular formula is C14H15ClN2O4. The van der Waals surface area contributed by atoms with Gasteiger partial charge in [-0.15, -0.1) is 0 Å². The minimum Gasteiger partial charge on any atom is -0.491 e. The van der Waals surface area contributed by atoms with E-state index in [-0.39, 0.29) is 31.0 Å². The van der Waals surface area contributed by atoms with E-state index in [0.717, 1.165) is 11.3 Å². The molecule has 1 atom stereocenters. The van der Waals surface area contributed by atoms with Crippen molar-refractivity contribution in [2.75, 3.05) is 32.9 Å². The SMILES string of the molecule is O=C(CN1CCOCC1=O)NC1COc2ccc(Cl)cc21. The number of amides is 2. The second kappa shape index (κ2) is 5.91. The highest BCUT2D eigenvalue weighted by Gasteiger charge is 2.27. The Kier molecular flexibility index (Phi) is 3.98.